The molecule has 0 radical (unpaired) electrons. The van der Waals surface area contributed by atoms with Crippen molar-refractivity contribution >= 4 is 5.84 Å². The van der Waals surface area contributed by atoms with Gasteiger partial charge in [0.15, 0.2) is 0 Å². The lowest BCUT2D eigenvalue weighted by Gasteiger charge is -2.18. The minimum absolute atomic E-state index is 0.739. The third-order valence-electron chi connectivity index (χ3n) is 1.90. The van der Waals surface area contributed by atoms with Crippen molar-refractivity contribution in [1.29, 1.82) is 0 Å². The number of nitrogens with two attached hydrogens (primary N) is 1. The highest BCUT2D eigenvalue weighted by Crippen LogP contribution is 2.05. The Balaban J connectivity index is 2.35. The van der Waals surface area contributed by atoms with E-state index < -0.39 is 0 Å². The van der Waals surface area contributed by atoms with Crippen molar-refractivity contribution < 1.29 is 0 Å². The van der Waals surface area contributed by atoms with E-state index in [1.807, 2.05) is 0 Å². The number of amidine groups is 1. The van der Waals surface area contributed by atoms with E-state index in [-0.39, 0.29) is 0 Å². The van der Waals surface area contributed by atoms with Gasteiger partial charge in [0, 0.05) is 26.1 Å². The third kappa shape index (κ3) is 2.19. The summed E-state index contributed by atoms with van der Waals surface area (Å²) in [5, 5.41) is 0. The van der Waals surface area contributed by atoms with E-state index in [2.05, 4.69) is 16.8 Å². The summed E-state index contributed by atoms with van der Waals surface area (Å²) in [7, 11) is 0. The van der Waals surface area contributed by atoms with E-state index in [4.69, 9.17) is 5.73 Å². The van der Waals surface area contributed by atoms with Gasteiger partial charge in [0.2, 0.25) is 0 Å². The van der Waals surface area contributed by atoms with Gasteiger partial charge in [-0.1, -0.05) is 6.92 Å². The second-order valence-corrected chi connectivity index (χ2v) is 2.82. The maximum Gasteiger partial charge on any atom is 0.0990 e. The Kier molecular flexibility index (Phi) is 3.36. The van der Waals surface area contributed by atoms with Crippen LogP contribution in [0.4, 0.5) is 0 Å². The molecule has 0 bridgehead atoms. The molecule has 0 atom stereocenters. The normalized spacial score (nSPS) is 17.3. The van der Waals surface area contributed by atoms with E-state index in [9.17, 15) is 0 Å². The van der Waals surface area contributed by atoms with Gasteiger partial charge in [-0.05, 0) is 6.42 Å². The molecule has 0 amide bonds. The van der Waals surface area contributed by atoms with Crippen molar-refractivity contribution in [2.24, 2.45) is 10.7 Å². The highest BCUT2D eigenvalue weighted by Gasteiger charge is 2.13. The first kappa shape index (κ1) is 8.53. The fraction of sp³-hybridized carbons (Fsp3) is 0.875. The average Bonchev–Trinajstić information content (AvgIpc) is 2.39. The van der Waals surface area contributed by atoms with Gasteiger partial charge in [-0.15, -0.1) is 0 Å². The average molecular weight is 155 g/mol. The number of hydrogen-bond acceptors (Lipinski definition) is 3. The van der Waals surface area contributed by atoms with Crippen LogP contribution in [0.3, 0.4) is 0 Å². The van der Waals surface area contributed by atoms with Crippen LogP contribution >= 0.6 is 0 Å². The largest absolute Gasteiger partial charge is 0.357 e. The molecular weight excluding hydrogens is 138 g/mol. The van der Waals surface area contributed by atoms with Gasteiger partial charge in [-0.3, -0.25) is 4.99 Å². The molecule has 11 heavy (non-hydrogen) atoms. The molecule has 0 spiro atoms. The van der Waals surface area contributed by atoms with Crippen molar-refractivity contribution in [2.75, 3.05) is 26.2 Å². The van der Waals surface area contributed by atoms with E-state index >= 15 is 0 Å². The summed E-state index contributed by atoms with van der Waals surface area (Å²) in [6.07, 6.45) is 2.29. The molecule has 1 rings (SSSR count). The van der Waals surface area contributed by atoms with Gasteiger partial charge >= 0.3 is 0 Å². The number of nitrogens with zero attached hydrogens (tertiary/aromatic N) is 2. The molecule has 1 aliphatic rings. The van der Waals surface area contributed by atoms with Crippen LogP contribution in [0.15, 0.2) is 4.99 Å². The fourth-order valence-corrected chi connectivity index (χ4v) is 1.39. The highest BCUT2D eigenvalue weighted by atomic mass is 15.2. The van der Waals surface area contributed by atoms with Crippen LogP contribution in [0.25, 0.3) is 0 Å². The zero-order valence-corrected chi connectivity index (χ0v) is 7.21. The summed E-state index contributed by atoms with van der Waals surface area (Å²) in [6.45, 7) is 5.94. The van der Waals surface area contributed by atoms with E-state index in [1.54, 1.807) is 0 Å². The van der Waals surface area contributed by atoms with Gasteiger partial charge in [-0.25, -0.2) is 0 Å². The monoisotopic (exact) mass is 155 g/mol. The summed E-state index contributed by atoms with van der Waals surface area (Å²) >= 11 is 0. The molecule has 0 aromatic rings. The maximum absolute atomic E-state index is 5.47. The van der Waals surface area contributed by atoms with Crippen LogP contribution in [-0.2, 0) is 0 Å². The third-order valence-corrected chi connectivity index (χ3v) is 1.90. The molecule has 0 saturated heterocycles. The van der Waals surface area contributed by atoms with Crippen LogP contribution in [0.1, 0.15) is 19.8 Å². The summed E-state index contributed by atoms with van der Waals surface area (Å²) in [4.78, 5) is 6.71. The molecule has 1 heterocycles. The van der Waals surface area contributed by atoms with Crippen molar-refractivity contribution in [3.05, 3.63) is 0 Å². The molecule has 0 aliphatic carbocycles. The van der Waals surface area contributed by atoms with Gasteiger partial charge < -0.3 is 10.6 Å². The fourth-order valence-electron chi connectivity index (χ4n) is 1.39. The van der Waals surface area contributed by atoms with Crippen molar-refractivity contribution in [2.45, 2.75) is 19.8 Å². The van der Waals surface area contributed by atoms with Crippen LogP contribution in [0.2, 0.25) is 0 Å². The standard InChI is InChI=1S/C8H17N3/c1-2-3-8-10-5-7-11(8)6-4-9/h2-7,9H2,1H3. The lowest BCUT2D eigenvalue weighted by atomic mass is 10.3. The molecule has 2 N–H and O–H groups in total. The molecular formula is C8H17N3. The van der Waals surface area contributed by atoms with Crippen LogP contribution < -0.4 is 5.73 Å². The van der Waals surface area contributed by atoms with E-state index in [1.165, 1.54) is 12.3 Å². The predicted molar refractivity (Wildman–Crippen MR) is 47.8 cm³/mol. The van der Waals surface area contributed by atoms with Gasteiger partial charge in [0.05, 0.1) is 12.4 Å². The van der Waals surface area contributed by atoms with Gasteiger partial charge in [0.25, 0.3) is 0 Å². The Morgan fingerprint density at radius 3 is 3.09 bits per heavy atom. The lowest BCUT2D eigenvalue weighted by molar-refractivity contribution is 0.459. The predicted octanol–water partition coefficient (Wildman–Crippen LogP) is 0.459. The number of rotatable bonds is 4. The number of hydrogen-bond donors (Lipinski definition) is 1. The van der Waals surface area contributed by atoms with Gasteiger partial charge in [-0.2, -0.15) is 0 Å². The maximum atomic E-state index is 5.47. The lowest BCUT2D eigenvalue weighted by Crippen LogP contribution is -2.32. The summed E-state index contributed by atoms with van der Waals surface area (Å²) in [6, 6.07) is 0. The number of aliphatic imine (C=N–C) groups is 1. The molecule has 0 fully saturated rings. The van der Waals surface area contributed by atoms with Crippen molar-refractivity contribution in [3.8, 4) is 0 Å². The molecule has 3 heteroatoms. The Hall–Kier alpha value is -0.570. The van der Waals surface area contributed by atoms with Crippen LogP contribution in [-0.4, -0.2) is 36.9 Å². The van der Waals surface area contributed by atoms with E-state index in [0.717, 1.165) is 32.6 Å². The minimum atomic E-state index is 0.739. The molecule has 0 aromatic heterocycles. The van der Waals surface area contributed by atoms with Crippen LogP contribution in [0, 0.1) is 0 Å². The Labute approximate surface area is 68.3 Å². The Morgan fingerprint density at radius 1 is 1.64 bits per heavy atom. The Bertz CT molecular complexity index is 142. The SMILES string of the molecule is CCCC1=NCCN1CCN. The molecule has 1 aliphatic heterocycles. The molecule has 0 aromatic carbocycles. The van der Waals surface area contributed by atoms with Crippen molar-refractivity contribution in [1.82, 2.24) is 4.90 Å². The second-order valence-electron chi connectivity index (χ2n) is 2.82. The Morgan fingerprint density at radius 2 is 2.45 bits per heavy atom. The first-order valence-corrected chi connectivity index (χ1v) is 4.36. The molecule has 0 saturated carbocycles. The minimum Gasteiger partial charge on any atom is -0.357 e. The first-order chi connectivity index (χ1) is 5.38. The van der Waals surface area contributed by atoms with Crippen molar-refractivity contribution in [3.63, 3.8) is 0 Å². The smallest absolute Gasteiger partial charge is 0.0990 e. The summed E-state index contributed by atoms with van der Waals surface area (Å²) < 4.78 is 0. The van der Waals surface area contributed by atoms with Gasteiger partial charge in [0.1, 0.15) is 0 Å². The highest BCUT2D eigenvalue weighted by molar-refractivity contribution is 5.83. The zero-order valence-electron chi connectivity index (χ0n) is 7.21. The molecule has 0 unspecified atom stereocenters. The molecule has 64 valence electrons. The quantitative estimate of drug-likeness (QED) is 0.641. The molecule has 3 nitrogen and oxygen atoms in total. The summed E-state index contributed by atoms with van der Waals surface area (Å²) in [5.41, 5.74) is 5.47. The second kappa shape index (κ2) is 4.34. The zero-order chi connectivity index (χ0) is 8.10. The van der Waals surface area contributed by atoms with Crippen LogP contribution in [0.5, 0.6) is 0 Å². The first-order valence-electron chi connectivity index (χ1n) is 4.36. The summed E-state index contributed by atoms with van der Waals surface area (Å²) in [5.74, 6) is 1.26. The topological polar surface area (TPSA) is 41.6 Å². The van der Waals surface area contributed by atoms with E-state index in [0.29, 0.717) is 0 Å².